The number of hydrogen-bond donors (Lipinski definition) is 2. The standard InChI is InChI=1S/C16H24N2O2S/c1-2-18(14-6-4-3-5-7-14)12-15(19)17-13-16(20)8-10-21-11-9-16/h3-7,20H,2,8-13H2,1H3,(H,17,19). The predicted molar refractivity (Wildman–Crippen MR) is 88.8 cm³/mol. The van der Waals surface area contributed by atoms with Crippen molar-refractivity contribution >= 4 is 23.4 Å². The lowest BCUT2D eigenvalue weighted by atomic mass is 9.97. The average molecular weight is 308 g/mol. The summed E-state index contributed by atoms with van der Waals surface area (Å²) in [5.41, 5.74) is 0.327. The molecule has 0 radical (unpaired) electrons. The third-order valence-electron chi connectivity index (χ3n) is 3.88. The zero-order chi connectivity index (χ0) is 15.1. The molecule has 0 unspecified atom stereocenters. The van der Waals surface area contributed by atoms with Crippen molar-refractivity contribution in [1.82, 2.24) is 5.32 Å². The molecule has 1 saturated heterocycles. The molecule has 1 aliphatic heterocycles. The van der Waals surface area contributed by atoms with Crippen molar-refractivity contribution in [2.75, 3.05) is 36.0 Å². The van der Waals surface area contributed by atoms with Gasteiger partial charge in [-0.2, -0.15) is 11.8 Å². The van der Waals surface area contributed by atoms with Crippen molar-refractivity contribution in [3.05, 3.63) is 30.3 Å². The largest absolute Gasteiger partial charge is 0.388 e. The highest BCUT2D eigenvalue weighted by molar-refractivity contribution is 7.99. The van der Waals surface area contributed by atoms with Crippen molar-refractivity contribution in [3.8, 4) is 0 Å². The van der Waals surface area contributed by atoms with Crippen LogP contribution in [0.15, 0.2) is 30.3 Å². The van der Waals surface area contributed by atoms with Crippen LogP contribution in [0.4, 0.5) is 5.69 Å². The van der Waals surface area contributed by atoms with E-state index in [2.05, 4.69) is 5.32 Å². The number of para-hydroxylation sites is 1. The number of nitrogens with one attached hydrogen (secondary N) is 1. The molecule has 0 atom stereocenters. The minimum Gasteiger partial charge on any atom is -0.388 e. The Labute approximate surface area is 130 Å². The molecule has 1 aromatic rings. The first-order valence-corrected chi connectivity index (χ1v) is 8.65. The molecule has 1 aromatic carbocycles. The number of likely N-dealkylation sites (N-methyl/N-ethyl adjacent to an activating group) is 1. The maximum absolute atomic E-state index is 12.1. The Morgan fingerprint density at radius 3 is 2.62 bits per heavy atom. The fourth-order valence-electron chi connectivity index (χ4n) is 2.44. The van der Waals surface area contributed by atoms with Crippen molar-refractivity contribution in [2.45, 2.75) is 25.4 Å². The minimum absolute atomic E-state index is 0.0349. The molecule has 4 nitrogen and oxygen atoms in total. The first-order chi connectivity index (χ1) is 10.1. The van der Waals surface area contributed by atoms with Crippen LogP contribution in [0.1, 0.15) is 19.8 Å². The lowest BCUT2D eigenvalue weighted by Crippen LogP contribution is -2.47. The van der Waals surface area contributed by atoms with Gasteiger partial charge in [-0.05, 0) is 43.4 Å². The molecule has 0 aliphatic carbocycles. The minimum atomic E-state index is -0.718. The van der Waals surface area contributed by atoms with E-state index in [1.165, 1.54) is 0 Å². The predicted octanol–water partition coefficient (Wildman–Crippen LogP) is 1.89. The first kappa shape index (κ1) is 16.2. The smallest absolute Gasteiger partial charge is 0.239 e. The third-order valence-corrected chi connectivity index (χ3v) is 4.86. The number of carbonyl (C=O) groups is 1. The van der Waals surface area contributed by atoms with E-state index < -0.39 is 5.60 Å². The maximum Gasteiger partial charge on any atom is 0.239 e. The summed E-state index contributed by atoms with van der Waals surface area (Å²) in [6, 6.07) is 9.91. The second-order valence-electron chi connectivity index (χ2n) is 5.46. The van der Waals surface area contributed by atoms with E-state index in [0.29, 0.717) is 13.1 Å². The van der Waals surface area contributed by atoms with Crippen LogP contribution in [0.3, 0.4) is 0 Å². The molecule has 5 heteroatoms. The normalized spacial score (nSPS) is 17.2. The highest BCUT2D eigenvalue weighted by atomic mass is 32.2. The molecule has 0 aromatic heterocycles. The number of amides is 1. The van der Waals surface area contributed by atoms with E-state index in [9.17, 15) is 9.90 Å². The van der Waals surface area contributed by atoms with E-state index in [-0.39, 0.29) is 5.91 Å². The molecule has 116 valence electrons. The summed E-state index contributed by atoms with van der Waals surface area (Å²) in [5, 5.41) is 13.3. The van der Waals surface area contributed by atoms with Gasteiger partial charge in [0.1, 0.15) is 0 Å². The maximum atomic E-state index is 12.1. The molecule has 1 heterocycles. The zero-order valence-electron chi connectivity index (χ0n) is 12.5. The monoisotopic (exact) mass is 308 g/mol. The molecule has 2 rings (SSSR count). The number of hydrogen-bond acceptors (Lipinski definition) is 4. The van der Waals surface area contributed by atoms with Crippen molar-refractivity contribution < 1.29 is 9.90 Å². The fraction of sp³-hybridized carbons (Fsp3) is 0.562. The molecule has 1 aliphatic rings. The number of rotatable bonds is 6. The molecule has 0 saturated carbocycles. The Bertz CT molecular complexity index is 447. The number of thioether (sulfide) groups is 1. The summed E-state index contributed by atoms with van der Waals surface area (Å²) in [7, 11) is 0. The molecule has 0 bridgehead atoms. The Morgan fingerprint density at radius 2 is 2.00 bits per heavy atom. The molecule has 1 amide bonds. The SMILES string of the molecule is CCN(CC(=O)NCC1(O)CCSCC1)c1ccccc1. The van der Waals surface area contributed by atoms with Crippen LogP contribution in [0.25, 0.3) is 0 Å². The van der Waals surface area contributed by atoms with E-state index in [1.54, 1.807) is 0 Å². The number of aliphatic hydroxyl groups is 1. The van der Waals surface area contributed by atoms with Gasteiger partial charge in [0, 0.05) is 18.8 Å². The number of benzene rings is 1. The van der Waals surface area contributed by atoms with Gasteiger partial charge in [-0.25, -0.2) is 0 Å². The van der Waals surface area contributed by atoms with Crippen LogP contribution in [-0.4, -0.2) is 47.8 Å². The Balaban J connectivity index is 1.83. The van der Waals surface area contributed by atoms with Crippen molar-refractivity contribution in [2.24, 2.45) is 0 Å². The van der Waals surface area contributed by atoms with Crippen molar-refractivity contribution in [1.29, 1.82) is 0 Å². The summed E-state index contributed by atoms with van der Waals surface area (Å²) in [6.07, 6.45) is 1.52. The van der Waals surface area contributed by atoms with Crippen LogP contribution in [0.5, 0.6) is 0 Å². The second kappa shape index (κ2) is 7.71. The Morgan fingerprint density at radius 1 is 1.33 bits per heavy atom. The van der Waals surface area contributed by atoms with Gasteiger partial charge < -0.3 is 15.3 Å². The molecular formula is C16H24N2O2S. The summed E-state index contributed by atoms with van der Waals surface area (Å²) < 4.78 is 0. The van der Waals surface area contributed by atoms with Gasteiger partial charge >= 0.3 is 0 Å². The molecule has 1 fully saturated rings. The number of carbonyl (C=O) groups excluding carboxylic acids is 1. The zero-order valence-corrected chi connectivity index (χ0v) is 13.4. The lowest BCUT2D eigenvalue weighted by molar-refractivity contribution is -0.121. The highest BCUT2D eigenvalue weighted by Crippen LogP contribution is 2.26. The van der Waals surface area contributed by atoms with Crippen LogP contribution in [0, 0.1) is 0 Å². The average Bonchev–Trinajstić information content (AvgIpc) is 2.52. The first-order valence-electron chi connectivity index (χ1n) is 7.50. The summed E-state index contributed by atoms with van der Waals surface area (Å²) in [6.45, 7) is 3.49. The third kappa shape index (κ3) is 4.93. The van der Waals surface area contributed by atoms with Gasteiger partial charge in [-0.3, -0.25) is 4.79 Å². The van der Waals surface area contributed by atoms with Gasteiger partial charge in [-0.1, -0.05) is 18.2 Å². The summed E-state index contributed by atoms with van der Waals surface area (Å²) in [4.78, 5) is 14.1. The van der Waals surface area contributed by atoms with Crippen LogP contribution >= 0.6 is 11.8 Å². The Kier molecular flexibility index (Phi) is 5.94. The van der Waals surface area contributed by atoms with Crippen LogP contribution in [0.2, 0.25) is 0 Å². The van der Waals surface area contributed by atoms with E-state index >= 15 is 0 Å². The van der Waals surface area contributed by atoms with Gasteiger partial charge in [0.15, 0.2) is 0 Å². The lowest BCUT2D eigenvalue weighted by Gasteiger charge is -2.32. The second-order valence-corrected chi connectivity index (χ2v) is 6.69. The molecule has 0 spiro atoms. The van der Waals surface area contributed by atoms with E-state index in [0.717, 1.165) is 36.6 Å². The van der Waals surface area contributed by atoms with Gasteiger partial charge in [-0.15, -0.1) is 0 Å². The van der Waals surface area contributed by atoms with Crippen molar-refractivity contribution in [3.63, 3.8) is 0 Å². The van der Waals surface area contributed by atoms with Gasteiger partial charge in [0.05, 0.1) is 12.1 Å². The quantitative estimate of drug-likeness (QED) is 0.842. The topological polar surface area (TPSA) is 52.6 Å². The number of nitrogens with zero attached hydrogens (tertiary/aromatic N) is 1. The molecule has 2 N–H and O–H groups in total. The highest BCUT2D eigenvalue weighted by Gasteiger charge is 2.29. The van der Waals surface area contributed by atoms with Gasteiger partial charge in [0.25, 0.3) is 0 Å². The molecular weight excluding hydrogens is 284 g/mol. The summed E-state index contributed by atoms with van der Waals surface area (Å²) >= 11 is 1.86. The molecule has 21 heavy (non-hydrogen) atoms. The summed E-state index contributed by atoms with van der Waals surface area (Å²) in [5.74, 6) is 1.90. The fourth-order valence-corrected chi connectivity index (χ4v) is 3.70. The number of anilines is 1. The van der Waals surface area contributed by atoms with Gasteiger partial charge in [0.2, 0.25) is 5.91 Å². The van der Waals surface area contributed by atoms with Crippen LogP contribution in [-0.2, 0) is 4.79 Å². The van der Waals surface area contributed by atoms with E-state index in [4.69, 9.17) is 0 Å². The Hall–Kier alpha value is -1.20. The van der Waals surface area contributed by atoms with Crippen LogP contribution < -0.4 is 10.2 Å². The van der Waals surface area contributed by atoms with E-state index in [1.807, 2.05) is 53.9 Å².